The van der Waals surface area contributed by atoms with E-state index in [-0.39, 0.29) is 12.5 Å². The van der Waals surface area contributed by atoms with Crippen molar-refractivity contribution in [2.24, 2.45) is 0 Å². The molecule has 0 bridgehead atoms. The Hall–Kier alpha value is -2.89. The number of amides is 2. The molecule has 0 aliphatic heterocycles. The number of carbonyl (C=O) groups is 2. The van der Waals surface area contributed by atoms with Gasteiger partial charge in [0.05, 0.1) is 6.61 Å². The third-order valence-electron chi connectivity index (χ3n) is 2.58. The van der Waals surface area contributed by atoms with Crippen molar-refractivity contribution in [2.45, 2.75) is 6.92 Å². The summed E-state index contributed by atoms with van der Waals surface area (Å²) in [5.74, 6) is -0.270. The van der Waals surface area contributed by atoms with Gasteiger partial charge >= 0.3 is 6.09 Å². The van der Waals surface area contributed by atoms with Gasteiger partial charge in [-0.05, 0) is 37.3 Å². The van der Waals surface area contributed by atoms with Crippen molar-refractivity contribution >= 4 is 23.4 Å². The number of carbonyl (C=O) groups excluding carboxylic acids is 2. The Kier molecular flexibility index (Phi) is 4.87. The predicted octanol–water partition coefficient (Wildman–Crippen LogP) is 2.90. The maximum Gasteiger partial charge on any atom is 0.411 e. The van der Waals surface area contributed by atoms with E-state index >= 15 is 0 Å². The molecule has 2 N–H and O–H groups in total. The zero-order chi connectivity index (χ0) is 15.1. The summed E-state index contributed by atoms with van der Waals surface area (Å²) >= 11 is 0. The number of ether oxygens (including phenoxy) is 1. The van der Waals surface area contributed by atoms with E-state index in [1.807, 2.05) is 0 Å². The first-order valence-corrected chi connectivity index (χ1v) is 6.44. The molecule has 0 saturated heterocycles. The molecule has 1 heterocycles. The Balaban J connectivity index is 2.06. The van der Waals surface area contributed by atoms with E-state index in [1.165, 1.54) is 0 Å². The van der Waals surface area contributed by atoms with Crippen LogP contribution < -0.4 is 10.6 Å². The highest BCUT2D eigenvalue weighted by molar-refractivity contribution is 6.05. The van der Waals surface area contributed by atoms with E-state index in [2.05, 4.69) is 15.6 Å². The van der Waals surface area contributed by atoms with Crippen molar-refractivity contribution in [3.63, 3.8) is 0 Å². The van der Waals surface area contributed by atoms with Crippen LogP contribution in [0.5, 0.6) is 0 Å². The highest BCUT2D eigenvalue weighted by atomic mass is 16.5. The van der Waals surface area contributed by atoms with Gasteiger partial charge in [0.1, 0.15) is 0 Å². The molecule has 0 aliphatic rings. The summed E-state index contributed by atoms with van der Waals surface area (Å²) in [6.45, 7) is 2.01. The number of hydrogen-bond acceptors (Lipinski definition) is 4. The summed E-state index contributed by atoms with van der Waals surface area (Å²) in [5.41, 5.74) is 1.58. The number of pyridine rings is 1. The fourth-order valence-electron chi connectivity index (χ4n) is 1.66. The predicted molar refractivity (Wildman–Crippen MR) is 79.3 cm³/mol. The van der Waals surface area contributed by atoms with E-state index in [9.17, 15) is 9.59 Å². The topological polar surface area (TPSA) is 80.3 Å². The Morgan fingerprint density at radius 1 is 1.10 bits per heavy atom. The van der Waals surface area contributed by atoms with Gasteiger partial charge in [0, 0.05) is 29.3 Å². The summed E-state index contributed by atoms with van der Waals surface area (Å²) in [6, 6.07) is 9.99. The molecule has 2 amide bonds. The lowest BCUT2D eigenvalue weighted by molar-refractivity contribution is 0.102. The Labute approximate surface area is 122 Å². The van der Waals surface area contributed by atoms with Gasteiger partial charge < -0.3 is 10.1 Å². The highest BCUT2D eigenvalue weighted by Gasteiger charge is 2.08. The van der Waals surface area contributed by atoms with Crippen molar-refractivity contribution in [3.8, 4) is 0 Å². The molecular weight excluding hydrogens is 270 g/mol. The molecule has 0 unspecified atom stereocenters. The molecular formula is C15H15N3O3. The Bertz CT molecular complexity index is 629. The number of nitrogens with zero attached hydrogens (tertiary/aromatic N) is 1. The first kappa shape index (κ1) is 14.5. The van der Waals surface area contributed by atoms with Gasteiger partial charge in [-0.2, -0.15) is 0 Å². The van der Waals surface area contributed by atoms with E-state index in [4.69, 9.17) is 4.74 Å². The lowest BCUT2D eigenvalue weighted by atomic mass is 10.2. The molecule has 0 saturated carbocycles. The first-order valence-electron chi connectivity index (χ1n) is 6.44. The second-order valence-corrected chi connectivity index (χ2v) is 4.12. The minimum Gasteiger partial charge on any atom is -0.450 e. The summed E-state index contributed by atoms with van der Waals surface area (Å²) in [7, 11) is 0. The minimum atomic E-state index is -0.552. The van der Waals surface area contributed by atoms with Crippen molar-refractivity contribution < 1.29 is 14.3 Å². The van der Waals surface area contributed by atoms with Gasteiger partial charge in [-0.1, -0.05) is 6.07 Å². The van der Waals surface area contributed by atoms with E-state index < -0.39 is 6.09 Å². The van der Waals surface area contributed by atoms with E-state index in [0.717, 1.165) is 0 Å². The Morgan fingerprint density at radius 3 is 2.57 bits per heavy atom. The number of aromatic nitrogens is 1. The number of nitrogens with one attached hydrogen (secondary N) is 2. The monoisotopic (exact) mass is 285 g/mol. The minimum absolute atomic E-state index is 0.270. The Morgan fingerprint density at radius 2 is 1.86 bits per heavy atom. The van der Waals surface area contributed by atoms with Gasteiger partial charge in [0.15, 0.2) is 0 Å². The molecule has 0 spiro atoms. The largest absolute Gasteiger partial charge is 0.450 e. The third-order valence-corrected chi connectivity index (χ3v) is 2.58. The number of rotatable bonds is 4. The van der Waals surface area contributed by atoms with Crippen LogP contribution in [0.15, 0.2) is 48.8 Å². The molecule has 0 atom stereocenters. The summed E-state index contributed by atoms with van der Waals surface area (Å²) < 4.78 is 4.78. The van der Waals surface area contributed by atoms with Gasteiger partial charge in [-0.25, -0.2) is 4.79 Å². The number of anilines is 2. The van der Waals surface area contributed by atoms with Crippen LogP contribution in [0, 0.1) is 0 Å². The highest BCUT2D eigenvalue weighted by Crippen LogP contribution is 2.13. The van der Waals surface area contributed by atoms with Crippen LogP contribution in [-0.2, 0) is 4.74 Å². The van der Waals surface area contributed by atoms with Crippen LogP contribution in [0.25, 0.3) is 0 Å². The molecule has 0 aliphatic carbocycles. The summed E-state index contributed by atoms with van der Waals surface area (Å²) in [6.07, 6.45) is 2.63. The maximum absolute atomic E-state index is 12.1. The second-order valence-electron chi connectivity index (χ2n) is 4.12. The molecule has 6 nitrogen and oxygen atoms in total. The lowest BCUT2D eigenvalue weighted by Gasteiger charge is -2.08. The lowest BCUT2D eigenvalue weighted by Crippen LogP contribution is -2.15. The third kappa shape index (κ3) is 4.31. The molecule has 1 aromatic carbocycles. The van der Waals surface area contributed by atoms with Crippen LogP contribution in [0.1, 0.15) is 17.3 Å². The fraction of sp³-hybridized carbons (Fsp3) is 0.133. The standard InChI is InChI=1S/C15H15N3O3/c1-2-21-15(20)18-13-5-3-4-11(10-13)14(19)17-12-6-8-16-9-7-12/h3-10H,2H2,1H3,(H,18,20)(H,16,17,19). The average Bonchev–Trinajstić information content (AvgIpc) is 2.48. The van der Waals surface area contributed by atoms with Crippen LogP contribution in [0.4, 0.5) is 16.2 Å². The molecule has 108 valence electrons. The first-order chi connectivity index (χ1) is 10.2. The molecule has 6 heteroatoms. The molecule has 0 fully saturated rings. The molecule has 2 rings (SSSR count). The molecule has 2 aromatic rings. The summed E-state index contributed by atoms with van der Waals surface area (Å²) in [4.78, 5) is 27.3. The zero-order valence-electron chi connectivity index (χ0n) is 11.5. The van der Waals surface area contributed by atoms with Crippen LogP contribution in [-0.4, -0.2) is 23.6 Å². The number of hydrogen-bond donors (Lipinski definition) is 2. The summed E-state index contributed by atoms with van der Waals surface area (Å²) in [5, 5.41) is 5.29. The normalized spacial score (nSPS) is 9.76. The zero-order valence-corrected chi connectivity index (χ0v) is 11.5. The second kappa shape index (κ2) is 7.04. The van der Waals surface area contributed by atoms with E-state index in [0.29, 0.717) is 16.9 Å². The van der Waals surface area contributed by atoms with Crippen LogP contribution >= 0.6 is 0 Å². The van der Waals surface area contributed by atoms with Gasteiger partial charge in [0.2, 0.25) is 0 Å². The van der Waals surface area contributed by atoms with Crippen LogP contribution in [0.2, 0.25) is 0 Å². The van der Waals surface area contributed by atoms with Crippen LogP contribution in [0.3, 0.4) is 0 Å². The average molecular weight is 285 g/mol. The fourth-order valence-corrected chi connectivity index (χ4v) is 1.66. The number of benzene rings is 1. The van der Waals surface area contributed by atoms with Gasteiger partial charge in [0.25, 0.3) is 5.91 Å². The quantitative estimate of drug-likeness (QED) is 0.905. The van der Waals surface area contributed by atoms with Crippen molar-refractivity contribution in [3.05, 3.63) is 54.4 Å². The smallest absolute Gasteiger partial charge is 0.411 e. The van der Waals surface area contributed by atoms with Gasteiger partial charge in [-0.15, -0.1) is 0 Å². The van der Waals surface area contributed by atoms with Crippen molar-refractivity contribution in [2.75, 3.05) is 17.2 Å². The molecule has 0 radical (unpaired) electrons. The van der Waals surface area contributed by atoms with Crippen molar-refractivity contribution in [1.82, 2.24) is 4.98 Å². The molecule has 21 heavy (non-hydrogen) atoms. The SMILES string of the molecule is CCOC(=O)Nc1cccc(C(=O)Nc2ccncc2)c1. The van der Waals surface area contributed by atoms with Crippen molar-refractivity contribution in [1.29, 1.82) is 0 Å². The van der Waals surface area contributed by atoms with Gasteiger partial charge in [-0.3, -0.25) is 15.1 Å². The maximum atomic E-state index is 12.1. The van der Waals surface area contributed by atoms with E-state index in [1.54, 1.807) is 55.7 Å². The molecule has 1 aromatic heterocycles.